The first-order valence-corrected chi connectivity index (χ1v) is 9.14. The summed E-state index contributed by atoms with van der Waals surface area (Å²) >= 11 is 1.60. The number of thiophene rings is 1. The van der Waals surface area contributed by atoms with E-state index in [1.807, 2.05) is 24.4 Å². The van der Waals surface area contributed by atoms with Gasteiger partial charge in [0.25, 0.3) is 0 Å². The fourth-order valence-corrected chi connectivity index (χ4v) is 4.32. The van der Waals surface area contributed by atoms with Crippen molar-refractivity contribution in [3.63, 3.8) is 0 Å². The van der Waals surface area contributed by atoms with E-state index in [-0.39, 0.29) is 48.6 Å². The molecule has 2 fully saturated rings. The Morgan fingerprint density at radius 3 is 2.52 bits per heavy atom. The molecule has 0 aromatic carbocycles. The number of nitrogens with one attached hydrogen (secondary N) is 1. The quantitative estimate of drug-likeness (QED) is 0.841. The van der Waals surface area contributed by atoms with Gasteiger partial charge in [0.15, 0.2) is 0 Å². The number of fused-ring (bicyclic) bond motifs is 1. The minimum absolute atomic E-state index is 0.0462. The molecule has 1 saturated carbocycles. The number of amides is 3. The lowest BCUT2D eigenvalue weighted by atomic mass is 9.81. The molecule has 6 heteroatoms. The Kier molecular flexibility index (Phi) is 4.80. The second-order valence-electron chi connectivity index (χ2n) is 6.38. The van der Waals surface area contributed by atoms with Crippen LogP contribution in [0.1, 0.15) is 49.9 Å². The average molecular weight is 334 g/mol. The molecule has 3 rings (SSSR count). The van der Waals surface area contributed by atoms with Crippen LogP contribution in [0.25, 0.3) is 0 Å². The lowest BCUT2D eigenvalue weighted by Crippen LogP contribution is -2.36. The molecule has 0 radical (unpaired) electrons. The first-order valence-electron chi connectivity index (χ1n) is 8.26. The fraction of sp³-hybridized carbons (Fsp3) is 0.588. The van der Waals surface area contributed by atoms with Crippen molar-refractivity contribution >= 4 is 29.1 Å². The molecule has 2 heterocycles. The van der Waals surface area contributed by atoms with Crippen LogP contribution in [0, 0.1) is 11.8 Å². The predicted octanol–water partition coefficient (Wildman–Crippen LogP) is 2.49. The van der Waals surface area contributed by atoms with Crippen molar-refractivity contribution in [2.45, 2.75) is 45.1 Å². The van der Waals surface area contributed by atoms with E-state index in [0.29, 0.717) is 0 Å². The predicted molar refractivity (Wildman–Crippen MR) is 87.7 cm³/mol. The number of rotatable bonds is 5. The Morgan fingerprint density at radius 2 is 1.96 bits per heavy atom. The monoisotopic (exact) mass is 334 g/mol. The molecule has 3 atom stereocenters. The number of carbonyl (C=O) groups is 3. The van der Waals surface area contributed by atoms with Crippen LogP contribution in [-0.2, 0) is 14.4 Å². The average Bonchev–Trinajstić information content (AvgIpc) is 3.15. The number of likely N-dealkylation sites (tertiary alicyclic amines) is 1. The van der Waals surface area contributed by atoms with Gasteiger partial charge >= 0.3 is 0 Å². The normalized spacial score (nSPS) is 25.3. The highest BCUT2D eigenvalue weighted by Gasteiger charge is 2.47. The van der Waals surface area contributed by atoms with E-state index in [2.05, 4.69) is 5.32 Å². The molecular formula is C17H22N2O3S. The van der Waals surface area contributed by atoms with Gasteiger partial charge in [-0.3, -0.25) is 19.3 Å². The van der Waals surface area contributed by atoms with Crippen LogP contribution < -0.4 is 5.32 Å². The summed E-state index contributed by atoms with van der Waals surface area (Å²) in [5.41, 5.74) is 0. The summed E-state index contributed by atoms with van der Waals surface area (Å²) in [6, 6.07) is 3.88. The first kappa shape index (κ1) is 16.2. The zero-order valence-electron chi connectivity index (χ0n) is 13.3. The van der Waals surface area contributed by atoms with E-state index in [4.69, 9.17) is 0 Å². The van der Waals surface area contributed by atoms with E-state index >= 15 is 0 Å². The topological polar surface area (TPSA) is 66.5 Å². The molecule has 0 spiro atoms. The molecular weight excluding hydrogens is 312 g/mol. The van der Waals surface area contributed by atoms with E-state index in [1.165, 1.54) is 4.90 Å². The van der Waals surface area contributed by atoms with Crippen LogP contribution in [0.2, 0.25) is 0 Å². The van der Waals surface area contributed by atoms with Gasteiger partial charge in [0.05, 0.1) is 17.9 Å². The molecule has 1 N–H and O–H groups in total. The zero-order chi connectivity index (χ0) is 16.4. The smallest absolute Gasteiger partial charge is 0.233 e. The van der Waals surface area contributed by atoms with Crippen LogP contribution in [0.3, 0.4) is 0 Å². The van der Waals surface area contributed by atoms with Crippen molar-refractivity contribution < 1.29 is 14.4 Å². The fourth-order valence-electron chi connectivity index (χ4n) is 3.59. The Hall–Kier alpha value is -1.69. The lowest BCUT2D eigenvalue weighted by molar-refractivity contribution is -0.140. The molecule has 1 saturated heterocycles. The maximum Gasteiger partial charge on any atom is 0.233 e. The highest BCUT2D eigenvalue weighted by Crippen LogP contribution is 2.37. The van der Waals surface area contributed by atoms with Crippen LogP contribution in [-0.4, -0.2) is 29.2 Å². The molecule has 0 bridgehead atoms. The highest BCUT2D eigenvalue weighted by molar-refractivity contribution is 7.10. The molecule has 2 aliphatic rings. The summed E-state index contributed by atoms with van der Waals surface area (Å²) < 4.78 is 0. The van der Waals surface area contributed by atoms with Crippen LogP contribution >= 0.6 is 11.3 Å². The van der Waals surface area contributed by atoms with Gasteiger partial charge < -0.3 is 5.32 Å². The van der Waals surface area contributed by atoms with Crippen LogP contribution in [0.5, 0.6) is 0 Å². The van der Waals surface area contributed by atoms with Crippen molar-refractivity contribution in [3.8, 4) is 0 Å². The largest absolute Gasteiger partial charge is 0.349 e. The number of imide groups is 1. The Bertz CT molecular complexity index is 575. The van der Waals surface area contributed by atoms with Gasteiger partial charge in [-0.05, 0) is 31.2 Å². The number of hydrogen-bond acceptors (Lipinski definition) is 4. The summed E-state index contributed by atoms with van der Waals surface area (Å²) in [6.07, 6.45) is 3.84. The van der Waals surface area contributed by atoms with Gasteiger partial charge in [0.1, 0.15) is 0 Å². The third-order valence-electron chi connectivity index (χ3n) is 4.84. The highest BCUT2D eigenvalue weighted by atomic mass is 32.1. The Morgan fingerprint density at radius 1 is 1.30 bits per heavy atom. The van der Waals surface area contributed by atoms with Gasteiger partial charge in [-0.2, -0.15) is 0 Å². The summed E-state index contributed by atoms with van der Waals surface area (Å²) in [5, 5.41) is 4.89. The van der Waals surface area contributed by atoms with Gasteiger partial charge in [-0.1, -0.05) is 18.9 Å². The van der Waals surface area contributed by atoms with Crippen LogP contribution in [0.15, 0.2) is 17.5 Å². The minimum atomic E-state index is -0.135. The van der Waals surface area contributed by atoms with Crippen molar-refractivity contribution in [3.05, 3.63) is 22.4 Å². The Labute approximate surface area is 140 Å². The van der Waals surface area contributed by atoms with Crippen molar-refractivity contribution in [2.75, 3.05) is 6.54 Å². The zero-order valence-corrected chi connectivity index (χ0v) is 14.1. The van der Waals surface area contributed by atoms with E-state index in [9.17, 15) is 14.4 Å². The third-order valence-corrected chi connectivity index (χ3v) is 5.90. The molecule has 23 heavy (non-hydrogen) atoms. The molecule has 124 valence electrons. The SMILES string of the molecule is C[C@H](NC(=O)CCN1C(=O)[C@H]2CCCC[C@@H]2C1=O)c1cccs1. The summed E-state index contributed by atoms with van der Waals surface area (Å²) in [4.78, 5) is 39.2. The first-order chi connectivity index (χ1) is 11.1. The number of carbonyl (C=O) groups excluding carboxylic acids is 3. The van der Waals surface area contributed by atoms with Crippen LogP contribution in [0.4, 0.5) is 0 Å². The summed E-state index contributed by atoms with van der Waals surface area (Å²) in [5.74, 6) is -0.535. The third kappa shape index (κ3) is 3.32. The molecule has 1 aliphatic carbocycles. The maximum absolute atomic E-state index is 12.3. The molecule has 1 aromatic heterocycles. The second-order valence-corrected chi connectivity index (χ2v) is 7.36. The molecule has 3 amide bonds. The van der Waals surface area contributed by atoms with E-state index in [0.717, 1.165) is 30.6 Å². The van der Waals surface area contributed by atoms with Crippen molar-refractivity contribution in [1.82, 2.24) is 10.2 Å². The van der Waals surface area contributed by atoms with E-state index in [1.54, 1.807) is 11.3 Å². The van der Waals surface area contributed by atoms with E-state index < -0.39 is 0 Å². The van der Waals surface area contributed by atoms with Gasteiger partial charge in [0.2, 0.25) is 17.7 Å². The van der Waals surface area contributed by atoms with Crippen molar-refractivity contribution in [2.24, 2.45) is 11.8 Å². The minimum Gasteiger partial charge on any atom is -0.349 e. The molecule has 1 aromatic rings. The second kappa shape index (κ2) is 6.83. The van der Waals surface area contributed by atoms with Gasteiger partial charge in [-0.25, -0.2) is 0 Å². The molecule has 0 unspecified atom stereocenters. The molecule has 5 nitrogen and oxygen atoms in total. The van der Waals surface area contributed by atoms with Gasteiger partial charge in [-0.15, -0.1) is 11.3 Å². The standard InChI is InChI=1S/C17H22N2O3S/c1-11(14-7-4-10-23-14)18-15(20)8-9-19-16(21)12-5-2-3-6-13(12)17(19)22/h4,7,10-13H,2-3,5-6,8-9H2,1H3,(H,18,20)/t11-,12-,13-/m0/s1. The Balaban J connectivity index is 1.52. The summed E-state index contributed by atoms with van der Waals surface area (Å²) in [6.45, 7) is 2.14. The van der Waals surface area contributed by atoms with Gasteiger partial charge in [0, 0.05) is 17.8 Å². The lowest BCUT2D eigenvalue weighted by Gasteiger charge is -2.19. The number of hydrogen-bond donors (Lipinski definition) is 1. The molecule has 1 aliphatic heterocycles. The van der Waals surface area contributed by atoms with Crippen molar-refractivity contribution in [1.29, 1.82) is 0 Å². The maximum atomic E-state index is 12.3. The summed E-state index contributed by atoms with van der Waals surface area (Å²) in [7, 11) is 0. The number of nitrogens with zero attached hydrogens (tertiary/aromatic N) is 1.